The third-order valence-corrected chi connectivity index (χ3v) is 10.9. The van der Waals surface area contributed by atoms with E-state index in [0.29, 0.717) is 17.4 Å². The molecular formula is C56H97NO8. The standard InChI is InChI=1S/C56H97NO8/c1-6-8-10-12-14-16-18-20-22-24-26-27-29-31-33-35-37-39-41-43-45-47-54(59)65-52(51-64-56(55(60)61)62-49-48-57(3,4)5)50-63-53(58)46-44-42-40-38-36-34-32-30-28-25-23-21-19-17-15-13-11-9-7-2/h15,17-18,20-21,23-24,26,28-31,52,56H,6-14,16,19,22,25,27,32-51H2,1-5H3/b17-15-,20-18-,23-21-,26-24-,30-28-,31-29-. The number of carboxylic acids is 1. The van der Waals surface area contributed by atoms with Crippen LogP contribution in [0.5, 0.6) is 0 Å². The summed E-state index contributed by atoms with van der Waals surface area (Å²) in [6.07, 6.45) is 56.4. The van der Waals surface area contributed by atoms with Gasteiger partial charge in [0.15, 0.2) is 12.4 Å². The number of likely N-dealkylation sites (N-methyl/N-ethyl adjacent to an activating group) is 1. The summed E-state index contributed by atoms with van der Waals surface area (Å²) in [5.41, 5.74) is 0. The molecule has 0 aliphatic carbocycles. The van der Waals surface area contributed by atoms with Crippen molar-refractivity contribution in [1.29, 1.82) is 0 Å². The molecule has 65 heavy (non-hydrogen) atoms. The maximum absolute atomic E-state index is 12.8. The second-order valence-corrected chi connectivity index (χ2v) is 18.5. The number of carbonyl (C=O) groups excluding carboxylic acids is 3. The van der Waals surface area contributed by atoms with Gasteiger partial charge in [-0.15, -0.1) is 0 Å². The first-order valence-electron chi connectivity index (χ1n) is 26.1. The van der Waals surface area contributed by atoms with E-state index in [1.54, 1.807) is 0 Å². The zero-order chi connectivity index (χ0) is 47.7. The quantitative estimate of drug-likeness (QED) is 0.0195. The highest BCUT2D eigenvalue weighted by Crippen LogP contribution is 2.13. The normalized spacial score (nSPS) is 13.4. The molecule has 374 valence electrons. The van der Waals surface area contributed by atoms with E-state index >= 15 is 0 Å². The Bertz CT molecular complexity index is 1290. The molecule has 0 aromatic carbocycles. The average Bonchev–Trinajstić information content (AvgIpc) is 3.27. The number of carbonyl (C=O) groups is 3. The van der Waals surface area contributed by atoms with Crippen LogP contribution < -0.4 is 5.11 Å². The molecule has 0 bridgehead atoms. The number of allylic oxidation sites excluding steroid dienone is 12. The number of unbranched alkanes of at least 4 members (excludes halogenated alkanes) is 20. The molecule has 9 heteroatoms. The third-order valence-electron chi connectivity index (χ3n) is 10.9. The van der Waals surface area contributed by atoms with Gasteiger partial charge in [0.25, 0.3) is 0 Å². The molecule has 0 aromatic rings. The molecule has 2 unspecified atom stereocenters. The topological polar surface area (TPSA) is 111 Å². The number of rotatable bonds is 47. The first-order valence-corrected chi connectivity index (χ1v) is 26.1. The lowest BCUT2D eigenvalue weighted by molar-refractivity contribution is -0.870. The van der Waals surface area contributed by atoms with Gasteiger partial charge in [0.2, 0.25) is 0 Å². The van der Waals surface area contributed by atoms with Crippen molar-refractivity contribution in [2.75, 3.05) is 47.5 Å². The molecule has 0 amide bonds. The predicted octanol–water partition coefficient (Wildman–Crippen LogP) is 13.3. The number of nitrogens with zero attached hydrogens (tertiary/aromatic N) is 1. The SMILES string of the molecule is CCCCC/C=C\C/C=C\C/C=C\CCCCCCCCC(=O)OCC(COC(OCC[N+](C)(C)C)C(=O)[O-])OC(=O)CCCCCCCC/C=C\C/C=C\C/C=C\CCCCCCC. The van der Waals surface area contributed by atoms with Crippen molar-refractivity contribution in [3.05, 3.63) is 72.9 Å². The molecule has 0 radical (unpaired) electrons. The molecule has 0 N–H and O–H groups in total. The molecule has 2 atom stereocenters. The second-order valence-electron chi connectivity index (χ2n) is 18.5. The van der Waals surface area contributed by atoms with E-state index in [2.05, 4.69) is 86.8 Å². The lowest BCUT2D eigenvalue weighted by Crippen LogP contribution is -2.44. The van der Waals surface area contributed by atoms with Crippen LogP contribution in [0.2, 0.25) is 0 Å². The molecule has 0 saturated carbocycles. The summed E-state index contributed by atoms with van der Waals surface area (Å²) in [6.45, 7) is 4.67. The van der Waals surface area contributed by atoms with Crippen LogP contribution in [0.4, 0.5) is 0 Å². The van der Waals surface area contributed by atoms with E-state index in [1.165, 1.54) is 77.0 Å². The highest BCUT2D eigenvalue weighted by atomic mass is 16.7. The first-order chi connectivity index (χ1) is 31.6. The van der Waals surface area contributed by atoms with Crippen molar-refractivity contribution in [2.24, 2.45) is 0 Å². The minimum atomic E-state index is -1.63. The van der Waals surface area contributed by atoms with Gasteiger partial charge in [0, 0.05) is 12.8 Å². The van der Waals surface area contributed by atoms with Crippen LogP contribution >= 0.6 is 0 Å². The lowest BCUT2D eigenvalue weighted by Gasteiger charge is -2.26. The Morgan fingerprint density at radius 2 is 0.831 bits per heavy atom. The molecule has 0 rings (SSSR count). The number of carboxylic acid groups (broad SMARTS) is 1. The number of hydrogen-bond acceptors (Lipinski definition) is 8. The molecule has 0 saturated heterocycles. The fourth-order valence-electron chi connectivity index (χ4n) is 6.84. The Labute approximate surface area is 398 Å². The van der Waals surface area contributed by atoms with Gasteiger partial charge in [0.1, 0.15) is 13.2 Å². The van der Waals surface area contributed by atoms with Gasteiger partial charge in [-0.25, -0.2) is 0 Å². The molecule has 0 heterocycles. The van der Waals surface area contributed by atoms with Crippen molar-refractivity contribution < 1.29 is 42.9 Å². The van der Waals surface area contributed by atoms with Crippen molar-refractivity contribution in [1.82, 2.24) is 0 Å². The Kier molecular flexibility index (Phi) is 44.9. The minimum absolute atomic E-state index is 0.139. The molecule has 0 fully saturated rings. The maximum atomic E-state index is 12.8. The zero-order valence-corrected chi connectivity index (χ0v) is 42.3. The molecule has 0 spiro atoms. The van der Waals surface area contributed by atoms with Gasteiger partial charge in [-0.05, 0) is 89.9 Å². The van der Waals surface area contributed by atoms with Crippen LogP contribution in [0.3, 0.4) is 0 Å². The van der Waals surface area contributed by atoms with Crippen LogP contribution in [-0.4, -0.2) is 82.3 Å². The highest BCUT2D eigenvalue weighted by Gasteiger charge is 2.21. The number of quaternary nitrogens is 1. The number of aliphatic carboxylic acids is 1. The largest absolute Gasteiger partial charge is 0.545 e. The minimum Gasteiger partial charge on any atom is -0.545 e. The summed E-state index contributed by atoms with van der Waals surface area (Å²) in [5.74, 6) is -2.32. The van der Waals surface area contributed by atoms with Crippen LogP contribution in [0.15, 0.2) is 72.9 Å². The van der Waals surface area contributed by atoms with E-state index in [1.807, 2.05) is 21.1 Å². The molecular weight excluding hydrogens is 815 g/mol. The van der Waals surface area contributed by atoms with Gasteiger partial charge in [-0.1, -0.05) is 177 Å². The summed E-state index contributed by atoms with van der Waals surface area (Å²) < 4.78 is 22.6. The number of hydrogen-bond donors (Lipinski definition) is 0. The van der Waals surface area contributed by atoms with Crippen molar-refractivity contribution >= 4 is 17.9 Å². The van der Waals surface area contributed by atoms with Gasteiger partial charge in [-0.3, -0.25) is 9.59 Å². The smallest absolute Gasteiger partial charge is 0.306 e. The third kappa shape index (κ3) is 48.5. The van der Waals surface area contributed by atoms with Gasteiger partial charge >= 0.3 is 11.9 Å². The fourth-order valence-corrected chi connectivity index (χ4v) is 6.84. The zero-order valence-electron chi connectivity index (χ0n) is 42.3. The van der Waals surface area contributed by atoms with Crippen LogP contribution in [0.1, 0.15) is 206 Å². The van der Waals surface area contributed by atoms with Crippen LogP contribution in [0, 0.1) is 0 Å². The van der Waals surface area contributed by atoms with E-state index in [4.69, 9.17) is 18.9 Å². The highest BCUT2D eigenvalue weighted by molar-refractivity contribution is 5.70. The van der Waals surface area contributed by atoms with E-state index in [9.17, 15) is 19.5 Å². The van der Waals surface area contributed by atoms with Crippen molar-refractivity contribution in [3.63, 3.8) is 0 Å². The maximum Gasteiger partial charge on any atom is 0.306 e. The predicted molar refractivity (Wildman–Crippen MR) is 269 cm³/mol. The van der Waals surface area contributed by atoms with Crippen molar-refractivity contribution in [3.8, 4) is 0 Å². The van der Waals surface area contributed by atoms with Crippen LogP contribution in [-0.2, 0) is 33.3 Å². The lowest BCUT2D eigenvalue weighted by atomic mass is 10.1. The molecule has 0 aromatic heterocycles. The van der Waals surface area contributed by atoms with Gasteiger partial charge in [0.05, 0.1) is 40.3 Å². The first kappa shape index (κ1) is 61.7. The van der Waals surface area contributed by atoms with Gasteiger partial charge in [-0.2, -0.15) is 0 Å². The Morgan fingerprint density at radius 3 is 1.26 bits per heavy atom. The average molecular weight is 912 g/mol. The summed E-state index contributed by atoms with van der Waals surface area (Å²) in [5, 5.41) is 11.7. The summed E-state index contributed by atoms with van der Waals surface area (Å²) in [7, 11) is 5.90. The Hall–Kier alpha value is -3.27. The number of ether oxygens (including phenoxy) is 4. The van der Waals surface area contributed by atoms with Crippen molar-refractivity contribution in [2.45, 2.75) is 219 Å². The summed E-state index contributed by atoms with van der Waals surface area (Å²) in [6, 6.07) is 0. The number of esters is 2. The van der Waals surface area contributed by atoms with Crippen LogP contribution in [0.25, 0.3) is 0 Å². The second kappa shape index (κ2) is 47.2. The van der Waals surface area contributed by atoms with E-state index < -0.39 is 24.3 Å². The fraction of sp³-hybridized carbons (Fsp3) is 0.732. The van der Waals surface area contributed by atoms with E-state index in [0.717, 1.165) is 96.3 Å². The molecule has 0 aliphatic rings. The molecule has 9 nitrogen and oxygen atoms in total. The van der Waals surface area contributed by atoms with E-state index in [-0.39, 0.29) is 38.6 Å². The Balaban J connectivity index is 4.41. The summed E-state index contributed by atoms with van der Waals surface area (Å²) >= 11 is 0. The molecule has 0 aliphatic heterocycles. The monoisotopic (exact) mass is 912 g/mol. The Morgan fingerprint density at radius 1 is 0.462 bits per heavy atom. The van der Waals surface area contributed by atoms with Gasteiger partial charge < -0.3 is 33.3 Å². The summed E-state index contributed by atoms with van der Waals surface area (Å²) in [4.78, 5) is 37.2.